The Morgan fingerprint density at radius 3 is 2.83 bits per heavy atom. The fourth-order valence-corrected chi connectivity index (χ4v) is 2.52. The van der Waals surface area contributed by atoms with Gasteiger partial charge in [0.15, 0.2) is 0 Å². The molecular weight excluding hydrogens is 230 g/mol. The minimum absolute atomic E-state index is 0.192. The first-order chi connectivity index (χ1) is 8.65. The number of fused-ring (bicyclic) bond motifs is 1. The highest BCUT2D eigenvalue weighted by atomic mass is 16.6. The molecule has 0 amide bonds. The molecule has 1 fully saturated rings. The van der Waals surface area contributed by atoms with Crippen LogP contribution >= 0.6 is 0 Å². The van der Waals surface area contributed by atoms with Crippen molar-refractivity contribution in [2.24, 2.45) is 5.92 Å². The Hall–Kier alpha value is -2.10. The van der Waals surface area contributed by atoms with Gasteiger partial charge in [0.1, 0.15) is 0 Å². The highest BCUT2D eigenvalue weighted by molar-refractivity contribution is 5.95. The summed E-state index contributed by atoms with van der Waals surface area (Å²) in [6, 6.07) is 7.97. The van der Waals surface area contributed by atoms with Gasteiger partial charge in [-0.25, -0.2) is 0 Å². The van der Waals surface area contributed by atoms with Crippen LogP contribution in [-0.4, -0.2) is 16.9 Å². The summed E-state index contributed by atoms with van der Waals surface area (Å²) in [5.41, 5.74) is 3.20. The zero-order valence-electron chi connectivity index (χ0n) is 10.0. The maximum atomic E-state index is 11.5. The van der Waals surface area contributed by atoms with Crippen LogP contribution in [-0.2, 0) is 20.7 Å². The number of carbonyl (C=O) groups is 2. The van der Waals surface area contributed by atoms with Crippen LogP contribution in [0.4, 0.5) is 0 Å². The van der Waals surface area contributed by atoms with Gasteiger partial charge in [-0.1, -0.05) is 18.2 Å². The Labute approximate surface area is 104 Å². The molecule has 3 rings (SSSR count). The first-order valence-electron chi connectivity index (χ1n) is 5.96. The molecule has 4 heteroatoms. The van der Waals surface area contributed by atoms with Crippen LogP contribution in [0.2, 0.25) is 0 Å². The second-order valence-corrected chi connectivity index (χ2v) is 4.67. The summed E-state index contributed by atoms with van der Waals surface area (Å²) < 4.78 is 4.59. The van der Waals surface area contributed by atoms with Gasteiger partial charge in [-0.2, -0.15) is 0 Å². The third-order valence-electron chi connectivity index (χ3n) is 3.44. The van der Waals surface area contributed by atoms with E-state index in [-0.39, 0.29) is 12.3 Å². The summed E-state index contributed by atoms with van der Waals surface area (Å²) in [7, 11) is 0. The second-order valence-electron chi connectivity index (χ2n) is 4.67. The zero-order chi connectivity index (χ0) is 12.7. The van der Waals surface area contributed by atoms with Crippen molar-refractivity contribution in [3.05, 3.63) is 35.5 Å². The number of H-pyrrole nitrogens is 1. The van der Waals surface area contributed by atoms with Gasteiger partial charge < -0.3 is 9.72 Å². The second kappa shape index (κ2) is 3.98. The predicted octanol–water partition coefficient (Wildman–Crippen LogP) is 2.11. The maximum absolute atomic E-state index is 11.5. The number of nitrogens with one attached hydrogen (secondary N) is 1. The molecule has 0 unspecified atom stereocenters. The van der Waals surface area contributed by atoms with Gasteiger partial charge >= 0.3 is 11.9 Å². The first kappa shape index (κ1) is 11.0. The molecule has 1 aliphatic rings. The lowest BCUT2D eigenvalue weighted by Crippen LogP contribution is -2.11. The monoisotopic (exact) mass is 243 g/mol. The average Bonchev–Trinajstić information content (AvgIpc) is 2.81. The maximum Gasteiger partial charge on any atom is 0.317 e. The van der Waals surface area contributed by atoms with Crippen molar-refractivity contribution < 1.29 is 14.3 Å². The van der Waals surface area contributed by atoms with E-state index < -0.39 is 11.9 Å². The molecular formula is C14H13NO3. The Bertz CT molecular complexity index is 642. The molecule has 1 aliphatic heterocycles. The Morgan fingerprint density at radius 2 is 2.11 bits per heavy atom. The van der Waals surface area contributed by atoms with Crippen molar-refractivity contribution in [3.8, 4) is 0 Å². The lowest BCUT2D eigenvalue weighted by Gasteiger charge is -2.04. The number of para-hydroxylation sites is 1. The number of hydrogen-bond donors (Lipinski definition) is 1. The molecule has 0 radical (unpaired) electrons. The van der Waals surface area contributed by atoms with Gasteiger partial charge in [0.2, 0.25) is 0 Å². The molecule has 0 bridgehead atoms. The number of aromatic amines is 1. The lowest BCUT2D eigenvalue weighted by molar-refractivity contribution is -0.153. The molecule has 18 heavy (non-hydrogen) atoms. The molecule has 0 saturated carbocycles. The summed E-state index contributed by atoms with van der Waals surface area (Å²) >= 11 is 0. The largest absolute Gasteiger partial charge is 0.393 e. The highest BCUT2D eigenvalue weighted by Crippen LogP contribution is 2.28. The fourth-order valence-electron chi connectivity index (χ4n) is 2.52. The Kier molecular flexibility index (Phi) is 2.44. The molecule has 1 saturated heterocycles. The molecule has 1 aromatic carbocycles. The van der Waals surface area contributed by atoms with E-state index in [4.69, 9.17) is 0 Å². The normalized spacial score (nSPS) is 19.5. The van der Waals surface area contributed by atoms with E-state index >= 15 is 0 Å². The number of esters is 2. The summed E-state index contributed by atoms with van der Waals surface area (Å²) in [6.45, 7) is 1.98. The highest BCUT2D eigenvalue weighted by Gasteiger charge is 2.34. The average molecular weight is 243 g/mol. The topological polar surface area (TPSA) is 59.2 Å². The van der Waals surface area contributed by atoms with E-state index in [1.54, 1.807) is 0 Å². The summed E-state index contributed by atoms with van der Waals surface area (Å²) in [5, 5.41) is 1.11. The number of ether oxygens (including phenoxy) is 1. The van der Waals surface area contributed by atoms with Crippen LogP contribution in [0.1, 0.15) is 17.7 Å². The van der Waals surface area contributed by atoms with Crippen LogP contribution in [0, 0.1) is 12.8 Å². The molecule has 1 aromatic heterocycles. The van der Waals surface area contributed by atoms with Crippen molar-refractivity contribution in [1.29, 1.82) is 0 Å². The Balaban J connectivity index is 1.97. The Morgan fingerprint density at radius 1 is 1.33 bits per heavy atom. The molecule has 1 N–H and O–H groups in total. The fraction of sp³-hybridized carbons (Fsp3) is 0.286. The molecule has 0 spiro atoms. The molecule has 2 aromatic rings. The van der Waals surface area contributed by atoms with Crippen LogP contribution in [0.25, 0.3) is 10.9 Å². The molecule has 92 valence electrons. The number of aryl methyl sites for hydroxylation is 1. The number of aromatic nitrogens is 1. The zero-order valence-corrected chi connectivity index (χ0v) is 10.0. The van der Waals surface area contributed by atoms with Crippen molar-refractivity contribution in [2.75, 3.05) is 0 Å². The number of benzene rings is 1. The van der Waals surface area contributed by atoms with Crippen LogP contribution in [0.3, 0.4) is 0 Å². The van der Waals surface area contributed by atoms with E-state index in [0.29, 0.717) is 6.42 Å². The van der Waals surface area contributed by atoms with Crippen molar-refractivity contribution in [1.82, 2.24) is 4.98 Å². The SMILES string of the molecule is Cc1[nH]c2ccccc2c1C[C@H]1CC(=O)OC1=O. The van der Waals surface area contributed by atoms with Crippen molar-refractivity contribution in [2.45, 2.75) is 19.8 Å². The van der Waals surface area contributed by atoms with Gasteiger partial charge in [0.25, 0.3) is 0 Å². The van der Waals surface area contributed by atoms with E-state index in [1.807, 2.05) is 31.2 Å². The van der Waals surface area contributed by atoms with E-state index in [0.717, 1.165) is 22.2 Å². The minimum Gasteiger partial charge on any atom is -0.393 e. The van der Waals surface area contributed by atoms with Crippen molar-refractivity contribution >= 4 is 22.8 Å². The van der Waals surface area contributed by atoms with Gasteiger partial charge in [-0.05, 0) is 25.0 Å². The van der Waals surface area contributed by atoms with E-state index in [1.165, 1.54) is 0 Å². The van der Waals surface area contributed by atoms with Gasteiger partial charge in [-0.15, -0.1) is 0 Å². The van der Waals surface area contributed by atoms with Gasteiger partial charge in [-0.3, -0.25) is 9.59 Å². The van der Waals surface area contributed by atoms with E-state index in [9.17, 15) is 9.59 Å². The van der Waals surface area contributed by atoms with Gasteiger partial charge in [0.05, 0.1) is 12.3 Å². The number of cyclic esters (lactones) is 2. The lowest BCUT2D eigenvalue weighted by atomic mass is 9.96. The third kappa shape index (κ3) is 1.70. The predicted molar refractivity (Wildman–Crippen MR) is 65.9 cm³/mol. The molecule has 4 nitrogen and oxygen atoms in total. The van der Waals surface area contributed by atoms with Crippen molar-refractivity contribution in [3.63, 3.8) is 0 Å². The number of carbonyl (C=O) groups excluding carboxylic acids is 2. The quantitative estimate of drug-likeness (QED) is 0.649. The smallest absolute Gasteiger partial charge is 0.317 e. The van der Waals surface area contributed by atoms with Gasteiger partial charge in [0, 0.05) is 16.6 Å². The summed E-state index contributed by atoms with van der Waals surface area (Å²) in [4.78, 5) is 25.9. The minimum atomic E-state index is -0.414. The molecule has 1 atom stereocenters. The summed E-state index contributed by atoms with van der Waals surface area (Å²) in [6.07, 6.45) is 0.748. The molecule has 0 aliphatic carbocycles. The summed E-state index contributed by atoms with van der Waals surface area (Å²) in [5.74, 6) is -1.15. The van der Waals surface area contributed by atoms with Crippen LogP contribution in [0.15, 0.2) is 24.3 Å². The number of hydrogen-bond acceptors (Lipinski definition) is 3. The van der Waals surface area contributed by atoms with Crippen LogP contribution in [0.5, 0.6) is 0 Å². The van der Waals surface area contributed by atoms with E-state index in [2.05, 4.69) is 9.72 Å². The number of rotatable bonds is 2. The third-order valence-corrected chi connectivity index (χ3v) is 3.44. The van der Waals surface area contributed by atoms with Crippen LogP contribution < -0.4 is 0 Å². The molecule has 2 heterocycles. The first-order valence-corrected chi connectivity index (χ1v) is 5.96. The standard InChI is InChI=1S/C14H13NO3/c1-8-11(6-9-7-13(16)18-14(9)17)10-4-2-3-5-12(10)15-8/h2-5,9,15H,6-7H2,1H3/t9-/m0/s1.